The minimum Gasteiger partial charge on any atom is -0.324 e. The van der Waals surface area contributed by atoms with Crippen molar-refractivity contribution in [3.05, 3.63) is 64.7 Å². The smallest absolute Gasteiger partial charge is 0.324 e. The lowest BCUT2D eigenvalue weighted by molar-refractivity contribution is -0.136. The Balaban J connectivity index is 1.43. The summed E-state index contributed by atoms with van der Waals surface area (Å²) in [7, 11) is 0. The van der Waals surface area contributed by atoms with Gasteiger partial charge in [0.05, 0.1) is 16.1 Å². The van der Waals surface area contributed by atoms with Crippen molar-refractivity contribution in [2.24, 2.45) is 0 Å². The number of carbonyl (C=O) groups excluding carboxylic acids is 2. The third kappa shape index (κ3) is 4.54. The zero-order valence-electron chi connectivity index (χ0n) is 17.0. The highest BCUT2D eigenvalue weighted by Crippen LogP contribution is 2.45. The van der Waals surface area contributed by atoms with Crippen molar-refractivity contribution in [1.29, 1.82) is 0 Å². The fraction of sp³-hybridized carbons (Fsp3) is 0.364. The maximum Gasteiger partial charge on any atom is 0.418 e. The molecule has 2 heterocycles. The van der Waals surface area contributed by atoms with Gasteiger partial charge in [-0.3, -0.25) is 4.79 Å². The monoisotopic (exact) mass is 483 g/mol. The number of anilines is 1. The Bertz CT molecular complexity index is 1030. The number of amides is 3. The molecule has 0 saturated carbocycles. The van der Waals surface area contributed by atoms with Crippen molar-refractivity contribution in [1.82, 2.24) is 9.80 Å². The highest BCUT2D eigenvalue weighted by Gasteiger charge is 2.47. The van der Waals surface area contributed by atoms with E-state index in [1.54, 1.807) is 36.0 Å². The van der Waals surface area contributed by atoms with Gasteiger partial charge in [0.2, 0.25) is 0 Å². The number of urea groups is 1. The number of rotatable bonds is 2. The molecular formula is C22H21ClF3N3O2S. The van der Waals surface area contributed by atoms with Gasteiger partial charge < -0.3 is 15.1 Å². The lowest BCUT2D eigenvalue weighted by Gasteiger charge is -2.44. The summed E-state index contributed by atoms with van der Waals surface area (Å²) in [5, 5.41) is 2.89. The van der Waals surface area contributed by atoms with E-state index in [4.69, 9.17) is 11.6 Å². The lowest BCUT2D eigenvalue weighted by atomic mass is 10.0. The fourth-order valence-corrected chi connectivity index (χ4v) is 5.82. The number of hydrogen-bond donors (Lipinski definition) is 1. The van der Waals surface area contributed by atoms with Crippen LogP contribution in [-0.2, 0) is 6.18 Å². The Hall–Kier alpha value is -2.39. The third-order valence-corrected chi connectivity index (χ3v) is 7.59. The minimum atomic E-state index is -4.56. The normalized spacial score (nSPS) is 18.1. The Morgan fingerprint density at radius 1 is 1.03 bits per heavy atom. The standard InChI is InChI=1S/C22H21ClF3N3O2S/c23-16-5-3-4-15(14-16)19(30)29-12-13-32-21(29)8-10-28(11-9-21)20(31)27-18-7-2-1-6-17(18)22(24,25)26/h1-7,14H,8-13H2,(H,27,31). The molecule has 0 bridgehead atoms. The minimum absolute atomic E-state index is 0.102. The van der Waals surface area contributed by atoms with E-state index in [0.29, 0.717) is 43.1 Å². The van der Waals surface area contributed by atoms with Crippen molar-refractivity contribution in [3.8, 4) is 0 Å². The zero-order valence-corrected chi connectivity index (χ0v) is 18.6. The molecule has 2 aromatic carbocycles. The van der Waals surface area contributed by atoms with E-state index in [-0.39, 0.29) is 11.6 Å². The fourth-order valence-electron chi connectivity index (χ4n) is 4.18. The molecule has 2 saturated heterocycles. The molecule has 1 N–H and O–H groups in total. The summed E-state index contributed by atoms with van der Waals surface area (Å²) >= 11 is 7.72. The first-order valence-corrected chi connectivity index (χ1v) is 11.5. The number of halogens is 4. The largest absolute Gasteiger partial charge is 0.418 e. The van der Waals surface area contributed by atoms with Crippen LogP contribution in [0.2, 0.25) is 5.02 Å². The number of likely N-dealkylation sites (tertiary alicyclic amines) is 1. The zero-order chi connectivity index (χ0) is 22.9. The van der Waals surface area contributed by atoms with Crippen molar-refractivity contribution >= 4 is 41.0 Å². The van der Waals surface area contributed by atoms with Crippen molar-refractivity contribution in [3.63, 3.8) is 0 Å². The van der Waals surface area contributed by atoms with Crippen LogP contribution in [0.15, 0.2) is 48.5 Å². The van der Waals surface area contributed by atoms with Crippen LogP contribution in [0.25, 0.3) is 0 Å². The molecule has 2 aromatic rings. The molecule has 2 aliphatic rings. The van der Waals surface area contributed by atoms with Crippen LogP contribution in [0, 0.1) is 0 Å². The van der Waals surface area contributed by atoms with Crippen LogP contribution in [0.4, 0.5) is 23.7 Å². The van der Waals surface area contributed by atoms with Gasteiger partial charge in [-0.25, -0.2) is 4.79 Å². The molecule has 2 fully saturated rings. The van der Waals surface area contributed by atoms with E-state index >= 15 is 0 Å². The molecular weight excluding hydrogens is 463 g/mol. The van der Waals surface area contributed by atoms with Crippen LogP contribution >= 0.6 is 23.4 Å². The molecule has 0 atom stereocenters. The summed E-state index contributed by atoms with van der Waals surface area (Å²) in [5.41, 5.74) is -0.631. The topological polar surface area (TPSA) is 52.7 Å². The number of hydrogen-bond acceptors (Lipinski definition) is 3. The van der Waals surface area contributed by atoms with Crippen molar-refractivity contribution in [2.75, 3.05) is 30.7 Å². The highest BCUT2D eigenvalue weighted by molar-refractivity contribution is 8.00. The van der Waals surface area contributed by atoms with E-state index in [2.05, 4.69) is 5.32 Å². The number of carbonyl (C=O) groups is 2. The second-order valence-electron chi connectivity index (χ2n) is 7.72. The molecule has 32 heavy (non-hydrogen) atoms. The van der Waals surface area contributed by atoms with E-state index in [9.17, 15) is 22.8 Å². The average molecular weight is 484 g/mol. The van der Waals surface area contributed by atoms with Gasteiger partial charge in [0.15, 0.2) is 0 Å². The van der Waals surface area contributed by atoms with Gasteiger partial charge >= 0.3 is 12.2 Å². The number of benzene rings is 2. The van der Waals surface area contributed by atoms with E-state index < -0.39 is 22.6 Å². The van der Waals surface area contributed by atoms with Gasteiger partial charge in [-0.1, -0.05) is 29.8 Å². The van der Waals surface area contributed by atoms with Crippen LogP contribution in [0.5, 0.6) is 0 Å². The first-order chi connectivity index (χ1) is 15.2. The quantitative estimate of drug-likeness (QED) is 0.607. The first-order valence-electron chi connectivity index (χ1n) is 10.1. The Morgan fingerprint density at radius 3 is 2.44 bits per heavy atom. The first kappa shape index (κ1) is 22.8. The molecule has 1 spiro atoms. The van der Waals surface area contributed by atoms with Gasteiger partial charge in [-0.15, -0.1) is 11.8 Å². The summed E-state index contributed by atoms with van der Waals surface area (Å²) in [6.07, 6.45) is -3.48. The number of piperidine rings is 1. The predicted octanol–water partition coefficient (Wildman–Crippen LogP) is 5.57. The van der Waals surface area contributed by atoms with E-state index in [1.165, 1.54) is 23.1 Å². The van der Waals surface area contributed by atoms with Crippen LogP contribution < -0.4 is 5.32 Å². The molecule has 10 heteroatoms. The number of nitrogens with one attached hydrogen (secondary N) is 1. The number of para-hydroxylation sites is 1. The summed E-state index contributed by atoms with van der Waals surface area (Å²) in [6, 6.07) is 11.1. The summed E-state index contributed by atoms with van der Waals surface area (Å²) in [4.78, 5) is 28.7. The molecule has 0 aromatic heterocycles. The molecule has 3 amide bonds. The molecule has 0 aliphatic carbocycles. The van der Waals surface area contributed by atoms with Crippen LogP contribution in [0.3, 0.4) is 0 Å². The predicted molar refractivity (Wildman–Crippen MR) is 119 cm³/mol. The highest BCUT2D eigenvalue weighted by atomic mass is 35.5. The molecule has 0 unspecified atom stereocenters. The maximum absolute atomic E-state index is 13.2. The summed E-state index contributed by atoms with van der Waals surface area (Å²) < 4.78 is 39.6. The second-order valence-corrected chi connectivity index (χ2v) is 9.62. The average Bonchev–Trinajstić information content (AvgIpc) is 3.16. The van der Waals surface area contributed by atoms with Crippen molar-refractivity contribution in [2.45, 2.75) is 23.9 Å². The molecule has 5 nitrogen and oxygen atoms in total. The summed E-state index contributed by atoms with van der Waals surface area (Å²) in [5.74, 6) is 0.687. The van der Waals surface area contributed by atoms with Crippen LogP contribution in [0.1, 0.15) is 28.8 Å². The SMILES string of the molecule is O=C(Nc1ccccc1C(F)(F)F)N1CCC2(CC1)SCCN2C(=O)c1cccc(Cl)c1. The molecule has 2 aliphatic heterocycles. The lowest BCUT2D eigenvalue weighted by Crippen LogP contribution is -2.54. The van der Waals surface area contributed by atoms with Gasteiger partial charge in [-0.05, 0) is 43.2 Å². The number of nitrogens with zero attached hydrogens (tertiary/aromatic N) is 2. The van der Waals surface area contributed by atoms with E-state index in [0.717, 1.165) is 11.8 Å². The van der Waals surface area contributed by atoms with Gasteiger partial charge in [0.25, 0.3) is 5.91 Å². The molecule has 4 rings (SSSR count). The third-order valence-electron chi connectivity index (χ3n) is 5.80. The van der Waals surface area contributed by atoms with Gasteiger partial charge in [-0.2, -0.15) is 13.2 Å². The molecule has 0 radical (unpaired) electrons. The number of alkyl halides is 3. The van der Waals surface area contributed by atoms with Gasteiger partial charge in [0.1, 0.15) is 0 Å². The Morgan fingerprint density at radius 2 is 1.75 bits per heavy atom. The van der Waals surface area contributed by atoms with E-state index in [1.807, 2.05) is 4.90 Å². The summed E-state index contributed by atoms with van der Waals surface area (Å²) in [6.45, 7) is 1.28. The Labute approximate surface area is 192 Å². The maximum atomic E-state index is 13.2. The molecule has 170 valence electrons. The second kappa shape index (κ2) is 8.86. The number of thioether (sulfide) groups is 1. The van der Waals surface area contributed by atoms with Gasteiger partial charge in [0, 0.05) is 36.0 Å². The van der Waals surface area contributed by atoms with Crippen molar-refractivity contribution < 1.29 is 22.8 Å². The van der Waals surface area contributed by atoms with Crippen LogP contribution in [-0.4, -0.2) is 52.0 Å². The Kier molecular flexibility index (Phi) is 6.31.